The fourth-order valence-electron chi connectivity index (χ4n) is 4.67. The molecule has 0 saturated heterocycles. The quantitative estimate of drug-likeness (QED) is 0.212. The maximum atomic E-state index is 13.2. The lowest BCUT2D eigenvalue weighted by molar-refractivity contribution is -0.124. The number of hydrogen-bond acceptors (Lipinski definition) is 5. The van der Waals surface area contributed by atoms with E-state index >= 15 is 0 Å². The van der Waals surface area contributed by atoms with Crippen LogP contribution in [0.3, 0.4) is 0 Å². The molecule has 4 rings (SSSR count). The number of hydrogen-bond donors (Lipinski definition) is 1. The van der Waals surface area contributed by atoms with Gasteiger partial charge in [-0.2, -0.15) is 5.26 Å². The molecule has 41 heavy (non-hydrogen) atoms. The predicted octanol–water partition coefficient (Wildman–Crippen LogP) is 7.37. The van der Waals surface area contributed by atoms with Crippen LogP contribution in [0.15, 0.2) is 54.6 Å². The molecule has 0 aliphatic heterocycles. The molecule has 3 amide bonds. The normalized spacial score (nSPS) is 16.8. The van der Waals surface area contributed by atoms with Gasteiger partial charge < -0.3 is 5.32 Å². The Hall–Kier alpha value is -3.12. The van der Waals surface area contributed by atoms with Crippen LogP contribution in [0, 0.1) is 17.2 Å². The van der Waals surface area contributed by atoms with Gasteiger partial charge in [-0.15, -0.1) is 23.2 Å². The van der Waals surface area contributed by atoms with Gasteiger partial charge in [0, 0.05) is 47.5 Å². The first-order valence-corrected chi connectivity index (χ1v) is 13.9. The lowest BCUT2D eigenvalue weighted by Crippen LogP contribution is -2.33. The molecule has 0 spiro atoms. The largest absolute Gasteiger partial charge is 0.326 e. The summed E-state index contributed by atoms with van der Waals surface area (Å²) < 4.78 is -1.39. The summed E-state index contributed by atoms with van der Waals surface area (Å²) in [6.07, 6.45) is -0.201. The molecular formula is C29H20Cl5N3O4. The van der Waals surface area contributed by atoms with Gasteiger partial charge in [0.2, 0.25) is 17.7 Å². The highest BCUT2D eigenvalue weighted by atomic mass is 35.5. The summed E-state index contributed by atoms with van der Waals surface area (Å²) >= 11 is 31.4. The summed E-state index contributed by atoms with van der Waals surface area (Å²) in [6.45, 7) is 2.46. The number of halogens is 5. The van der Waals surface area contributed by atoms with Crippen LogP contribution >= 0.6 is 58.0 Å². The maximum Gasteiger partial charge on any atom is 0.231 e. The Labute approximate surface area is 260 Å². The molecule has 12 heteroatoms. The SMILES string of the molecule is CC(=O)N(C(C)=O)c1ccc(CC(=O)c2cc(NC(=O)C3C(c4cc(Cl)cc(Cl)c4)C3(Cl)Cl)ccc2Cl)c(C#N)c1. The van der Waals surface area contributed by atoms with E-state index in [0.29, 0.717) is 21.2 Å². The molecule has 7 nitrogen and oxygen atoms in total. The van der Waals surface area contributed by atoms with Gasteiger partial charge in [-0.25, -0.2) is 0 Å². The van der Waals surface area contributed by atoms with E-state index in [4.69, 9.17) is 58.0 Å². The molecule has 2 atom stereocenters. The summed E-state index contributed by atoms with van der Waals surface area (Å²) in [5, 5.41) is 13.3. The Bertz CT molecular complexity index is 1620. The minimum Gasteiger partial charge on any atom is -0.326 e. The molecule has 1 fully saturated rings. The first-order valence-electron chi connectivity index (χ1n) is 12.1. The van der Waals surface area contributed by atoms with Crippen molar-refractivity contribution >= 4 is 92.9 Å². The molecule has 1 N–H and O–H groups in total. The molecule has 210 valence electrons. The van der Waals surface area contributed by atoms with Gasteiger partial charge in [-0.05, 0) is 59.7 Å². The monoisotopic (exact) mass is 649 g/mol. The second-order valence-corrected chi connectivity index (χ2v) is 12.2. The molecule has 1 saturated carbocycles. The molecule has 3 aromatic rings. The van der Waals surface area contributed by atoms with Crippen LogP contribution in [0.4, 0.5) is 11.4 Å². The highest BCUT2D eigenvalue weighted by Gasteiger charge is 2.67. The summed E-state index contributed by atoms with van der Waals surface area (Å²) in [6, 6.07) is 15.6. The van der Waals surface area contributed by atoms with Crippen LogP contribution in [-0.2, 0) is 20.8 Å². The van der Waals surface area contributed by atoms with Gasteiger partial charge in [0.05, 0.1) is 28.3 Å². The van der Waals surface area contributed by atoms with Crippen molar-refractivity contribution in [3.05, 3.63) is 91.9 Å². The van der Waals surface area contributed by atoms with Crippen molar-refractivity contribution in [2.24, 2.45) is 5.92 Å². The van der Waals surface area contributed by atoms with Gasteiger partial charge in [-0.1, -0.05) is 40.9 Å². The van der Waals surface area contributed by atoms with E-state index in [0.717, 1.165) is 4.90 Å². The average molecular weight is 652 g/mol. The Morgan fingerprint density at radius 1 is 0.927 bits per heavy atom. The maximum absolute atomic E-state index is 13.2. The van der Waals surface area contributed by atoms with E-state index in [9.17, 15) is 24.4 Å². The number of amides is 3. The average Bonchev–Trinajstić information content (AvgIpc) is 3.46. The Balaban J connectivity index is 1.53. The highest BCUT2D eigenvalue weighted by Crippen LogP contribution is 2.65. The van der Waals surface area contributed by atoms with Crippen molar-refractivity contribution in [1.29, 1.82) is 5.26 Å². The molecule has 0 bridgehead atoms. The molecular weight excluding hydrogens is 632 g/mol. The summed E-state index contributed by atoms with van der Waals surface area (Å²) in [5.41, 5.74) is 1.72. The Morgan fingerprint density at radius 2 is 1.56 bits per heavy atom. The lowest BCUT2D eigenvalue weighted by Gasteiger charge is -2.18. The number of nitrogens with one attached hydrogen (secondary N) is 1. The van der Waals surface area contributed by atoms with E-state index in [2.05, 4.69) is 5.32 Å². The molecule has 1 aliphatic carbocycles. The number of alkyl halides is 2. The van der Waals surface area contributed by atoms with Crippen LogP contribution in [0.2, 0.25) is 15.1 Å². The number of carbonyl (C=O) groups excluding carboxylic acids is 4. The number of benzene rings is 3. The lowest BCUT2D eigenvalue weighted by atomic mass is 9.98. The molecule has 1 aliphatic rings. The third-order valence-electron chi connectivity index (χ3n) is 6.57. The van der Waals surface area contributed by atoms with Crippen LogP contribution in [0.1, 0.15) is 46.8 Å². The van der Waals surface area contributed by atoms with Gasteiger partial charge in [0.15, 0.2) is 5.78 Å². The zero-order valence-corrected chi connectivity index (χ0v) is 25.3. The van der Waals surface area contributed by atoms with Gasteiger partial charge >= 0.3 is 0 Å². The number of ketones is 1. The number of Topliss-reactive ketones (excluding diaryl/α,β-unsaturated/α-hetero) is 1. The van der Waals surface area contributed by atoms with E-state index < -0.39 is 39.7 Å². The second-order valence-electron chi connectivity index (χ2n) is 9.44. The summed E-state index contributed by atoms with van der Waals surface area (Å²) in [7, 11) is 0. The van der Waals surface area contributed by atoms with Crippen LogP contribution in [0.5, 0.6) is 0 Å². The van der Waals surface area contributed by atoms with Gasteiger partial charge in [0.1, 0.15) is 4.33 Å². The fourth-order valence-corrected chi connectivity index (χ4v) is 6.27. The number of rotatable bonds is 7. The molecule has 3 aromatic carbocycles. The number of nitriles is 1. The minimum absolute atomic E-state index is 0.114. The zero-order chi connectivity index (χ0) is 30.2. The molecule has 0 heterocycles. The number of anilines is 2. The van der Waals surface area contributed by atoms with Crippen molar-refractivity contribution in [3.8, 4) is 6.07 Å². The number of imide groups is 1. The van der Waals surface area contributed by atoms with E-state index in [1.807, 2.05) is 6.07 Å². The molecule has 2 unspecified atom stereocenters. The Kier molecular flexibility index (Phi) is 9.03. The van der Waals surface area contributed by atoms with Crippen molar-refractivity contribution in [3.63, 3.8) is 0 Å². The van der Waals surface area contributed by atoms with Crippen LogP contribution in [0.25, 0.3) is 0 Å². The third kappa shape index (κ3) is 6.53. The predicted molar refractivity (Wildman–Crippen MR) is 160 cm³/mol. The first kappa shape index (κ1) is 30.8. The minimum atomic E-state index is -1.39. The fraction of sp³-hybridized carbons (Fsp3) is 0.207. The zero-order valence-electron chi connectivity index (χ0n) is 21.5. The van der Waals surface area contributed by atoms with Crippen LogP contribution in [-0.4, -0.2) is 27.8 Å². The van der Waals surface area contributed by atoms with Crippen molar-refractivity contribution in [2.75, 3.05) is 10.2 Å². The topological polar surface area (TPSA) is 107 Å². The van der Waals surface area contributed by atoms with Gasteiger partial charge in [0.25, 0.3) is 0 Å². The van der Waals surface area contributed by atoms with Crippen molar-refractivity contribution in [2.45, 2.75) is 30.5 Å². The van der Waals surface area contributed by atoms with E-state index in [1.165, 1.54) is 50.2 Å². The summed E-state index contributed by atoms with van der Waals surface area (Å²) in [4.78, 5) is 51.0. The number of nitrogens with zero attached hydrogens (tertiary/aromatic N) is 2. The standard InChI is InChI=1S/C29H20Cl5N3O4/c1-14(38)37(15(2)39)22-5-3-16(18(9-22)13-35)10-25(40)23-12-21(4-6-24(23)32)36-28(41)27-26(29(27,33)34)17-7-19(30)11-20(31)8-17/h3-9,11-12,26-27H,10H2,1-2H3,(H,36,41). The van der Waals surface area contributed by atoms with Crippen molar-refractivity contribution in [1.82, 2.24) is 0 Å². The highest BCUT2D eigenvalue weighted by molar-refractivity contribution is 6.53. The molecule has 0 radical (unpaired) electrons. The Morgan fingerprint density at radius 3 is 2.15 bits per heavy atom. The van der Waals surface area contributed by atoms with Crippen molar-refractivity contribution < 1.29 is 19.2 Å². The molecule has 0 aromatic heterocycles. The van der Waals surface area contributed by atoms with E-state index in [1.54, 1.807) is 18.2 Å². The second kappa shape index (κ2) is 12.0. The van der Waals surface area contributed by atoms with E-state index in [-0.39, 0.29) is 33.9 Å². The smallest absolute Gasteiger partial charge is 0.231 e. The first-order chi connectivity index (χ1) is 19.2. The van der Waals surface area contributed by atoms with Gasteiger partial charge in [-0.3, -0.25) is 24.1 Å². The van der Waals surface area contributed by atoms with Crippen LogP contribution < -0.4 is 10.2 Å². The number of carbonyl (C=O) groups is 4. The summed E-state index contributed by atoms with van der Waals surface area (Å²) in [5.74, 6) is -3.27. The third-order valence-corrected chi connectivity index (χ3v) is 8.27.